The SMILES string of the molecule is CCCCCCCCCCCCCCCCCCS(=O)(=O)CCCCCCCCCCCCCCCCCC. The molecule has 236 valence electrons. The van der Waals surface area contributed by atoms with Gasteiger partial charge >= 0.3 is 0 Å². The van der Waals surface area contributed by atoms with Crippen molar-refractivity contribution in [1.82, 2.24) is 0 Å². The first-order valence-corrected chi connectivity index (χ1v) is 20.1. The van der Waals surface area contributed by atoms with Crippen molar-refractivity contribution in [2.45, 2.75) is 219 Å². The molecule has 0 radical (unpaired) electrons. The predicted octanol–water partition coefficient (Wildman–Crippen LogP) is 12.9. The van der Waals surface area contributed by atoms with Gasteiger partial charge in [-0.05, 0) is 12.8 Å². The second-order valence-electron chi connectivity index (χ2n) is 12.8. The van der Waals surface area contributed by atoms with E-state index in [0.717, 1.165) is 25.7 Å². The first kappa shape index (κ1) is 39.0. The van der Waals surface area contributed by atoms with Gasteiger partial charge in [0.2, 0.25) is 0 Å². The third-order valence-corrected chi connectivity index (χ3v) is 10.4. The average molecular weight is 571 g/mol. The van der Waals surface area contributed by atoms with E-state index in [1.807, 2.05) is 0 Å². The number of rotatable bonds is 34. The van der Waals surface area contributed by atoms with Crippen LogP contribution in [-0.2, 0) is 9.84 Å². The summed E-state index contributed by atoms with van der Waals surface area (Å²) in [5, 5.41) is 0. The minimum atomic E-state index is -2.82. The molecule has 0 aliphatic rings. The summed E-state index contributed by atoms with van der Waals surface area (Å²) in [6, 6.07) is 0. The Balaban J connectivity index is 3.28. The van der Waals surface area contributed by atoms with Crippen molar-refractivity contribution in [3.63, 3.8) is 0 Å². The Morgan fingerprint density at radius 3 is 0.590 bits per heavy atom. The maximum atomic E-state index is 12.3. The van der Waals surface area contributed by atoms with Crippen LogP contribution in [0.15, 0.2) is 0 Å². The molecule has 0 saturated carbocycles. The van der Waals surface area contributed by atoms with E-state index < -0.39 is 9.84 Å². The maximum Gasteiger partial charge on any atom is 0.150 e. The number of sulfone groups is 1. The second kappa shape index (κ2) is 32.5. The van der Waals surface area contributed by atoms with Gasteiger partial charge in [-0.2, -0.15) is 0 Å². The fraction of sp³-hybridized carbons (Fsp3) is 1.00. The summed E-state index contributed by atoms with van der Waals surface area (Å²) in [6.45, 7) is 4.57. The van der Waals surface area contributed by atoms with Crippen LogP contribution in [0, 0.1) is 0 Å². The molecular weight excluding hydrogens is 496 g/mol. The Morgan fingerprint density at radius 2 is 0.410 bits per heavy atom. The first-order valence-electron chi connectivity index (χ1n) is 18.3. The Bertz CT molecular complexity index is 500. The highest BCUT2D eigenvalue weighted by Gasteiger charge is 2.09. The van der Waals surface area contributed by atoms with E-state index in [1.165, 1.54) is 180 Å². The van der Waals surface area contributed by atoms with Crippen molar-refractivity contribution in [1.29, 1.82) is 0 Å². The zero-order valence-corrected chi connectivity index (χ0v) is 28.1. The second-order valence-corrected chi connectivity index (χ2v) is 15.1. The quantitative estimate of drug-likeness (QED) is 0.0721. The lowest BCUT2D eigenvalue weighted by molar-refractivity contribution is 0.529. The van der Waals surface area contributed by atoms with E-state index in [0.29, 0.717) is 11.5 Å². The van der Waals surface area contributed by atoms with Crippen molar-refractivity contribution in [2.24, 2.45) is 0 Å². The third kappa shape index (κ3) is 34.1. The van der Waals surface area contributed by atoms with Crippen molar-refractivity contribution in [2.75, 3.05) is 11.5 Å². The van der Waals surface area contributed by atoms with Crippen molar-refractivity contribution < 1.29 is 8.42 Å². The molecule has 0 amide bonds. The van der Waals surface area contributed by atoms with Gasteiger partial charge < -0.3 is 0 Å². The minimum absolute atomic E-state index is 0.421. The summed E-state index contributed by atoms with van der Waals surface area (Å²) < 4.78 is 24.7. The molecule has 0 spiro atoms. The molecule has 3 heteroatoms. The highest BCUT2D eigenvalue weighted by molar-refractivity contribution is 7.91. The molecule has 0 aliphatic heterocycles. The molecule has 0 rings (SSSR count). The van der Waals surface area contributed by atoms with E-state index in [1.54, 1.807) is 0 Å². The molecule has 0 heterocycles. The summed E-state index contributed by atoms with van der Waals surface area (Å²) in [4.78, 5) is 0. The van der Waals surface area contributed by atoms with Crippen LogP contribution in [0.3, 0.4) is 0 Å². The lowest BCUT2D eigenvalue weighted by Crippen LogP contribution is -2.11. The molecule has 0 saturated heterocycles. The van der Waals surface area contributed by atoms with Gasteiger partial charge in [-0.3, -0.25) is 0 Å². The van der Waals surface area contributed by atoms with E-state index in [2.05, 4.69) is 13.8 Å². The molecule has 0 N–H and O–H groups in total. The molecule has 0 aliphatic carbocycles. The van der Waals surface area contributed by atoms with Crippen LogP contribution in [0.5, 0.6) is 0 Å². The Kier molecular flexibility index (Phi) is 32.4. The zero-order chi connectivity index (χ0) is 28.5. The summed E-state index contributed by atoms with van der Waals surface area (Å²) >= 11 is 0. The van der Waals surface area contributed by atoms with Crippen LogP contribution in [0.25, 0.3) is 0 Å². The monoisotopic (exact) mass is 571 g/mol. The van der Waals surface area contributed by atoms with Crippen LogP contribution < -0.4 is 0 Å². The topological polar surface area (TPSA) is 34.1 Å². The maximum absolute atomic E-state index is 12.3. The summed E-state index contributed by atoms with van der Waals surface area (Å²) in [5.74, 6) is 0.842. The predicted molar refractivity (Wildman–Crippen MR) is 178 cm³/mol. The van der Waals surface area contributed by atoms with Crippen molar-refractivity contribution in [3.8, 4) is 0 Å². The summed E-state index contributed by atoms with van der Waals surface area (Å²) in [6.07, 6.45) is 42.7. The highest BCUT2D eigenvalue weighted by Crippen LogP contribution is 2.16. The molecule has 0 fully saturated rings. The van der Waals surface area contributed by atoms with Gasteiger partial charge in [0.15, 0.2) is 0 Å². The van der Waals surface area contributed by atoms with Gasteiger partial charge in [0.05, 0.1) is 11.5 Å². The van der Waals surface area contributed by atoms with E-state index in [9.17, 15) is 8.42 Å². The van der Waals surface area contributed by atoms with Gasteiger partial charge in [0.25, 0.3) is 0 Å². The van der Waals surface area contributed by atoms with Crippen LogP contribution in [0.2, 0.25) is 0 Å². The normalized spacial score (nSPS) is 11.9. The fourth-order valence-electron chi connectivity index (χ4n) is 5.84. The molecule has 39 heavy (non-hydrogen) atoms. The van der Waals surface area contributed by atoms with E-state index >= 15 is 0 Å². The van der Waals surface area contributed by atoms with Gasteiger partial charge in [-0.1, -0.05) is 206 Å². The molecule has 0 bridgehead atoms. The fourth-order valence-corrected chi connectivity index (χ4v) is 7.33. The average Bonchev–Trinajstić information content (AvgIpc) is 2.92. The van der Waals surface area contributed by atoms with Gasteiger partial charge in [0, 0.05) is 0 Å². The van der Waals surface area contributed by atoms with Crippen LogP contribution in [-0.4, -0.2) is 19.9 Å². The lowest BCUT2D eigenvalue weighted by Gasteiger charge is -2.06. The Hall–Kier alpha value is -0.0500. The Morgan fingerprint density at radius 1 is 0.256 bits per heavy atom. The molecule has 0 aromatic heterocycles. The van der Waals surface area contributed by atoms with Crippen molar-refractivity contribution in [3.05, 3.63) is 0 Å². The van der Waals surface area contributed by atoms with Gasteiger partial charge in [0.1, 0.15) is 9.84 Å². The Labute approximate surface area is 248 Å². The smallest absolute Gasteiger partial charge is 0.150 e. The van der Waals surface area contributed by atoms with Gasteiger partial charge in [-0.25, -0.2) is 8.42 Å². The van der Waals surface area contributed by atoms with Crippen LogP contribution >= 0.6 is 0 Å². The molecule has 0 aromatic carbocycles. The molecule has 0 aromatic rings. The minimum Gasteiger partial charge on any atom is -0.229 e. The summed E-state index contributed by atoms with van der Waals surface area (Å²) in [5.41, 5.74) is 0. The lowest BCUT2D eigenvalue weighted by atomic mass is 10.0. The number of hydrogen-bond acceptors (Lipinski definition) is 2. The largest absolute Gasteiger partial charge is 0.229 e. The van der Waals surface area contributed by atoms with Crippen LogP contribution in [0.4, 0.5) is 0 Å². The number of unbranched alkanes of at least 4 members (excludes halogenated alkanes) is 30. The molecule has 0 atom stereocenters. The van der Waals surface area contributed by atoms with Crippen molar-refractivity contribution >= 4 is 9.84 Å². The van der Waals surface area contributed by atoms with E-state index in [4.69, 9.17) is 0 Å². The molecular formula is C36H74O2S. The first-order chi connectivity index (χ1) is 19.1. The van der Waals surface area contributed by atoms with E-state index in [-0.39, 0.29) is 0 Å². The third-order valence-electron chi connectivity index (χ3n) is 8.62. The molecule has 2 nitrogen and oxygen atoms in total. The molecule has 0 unspecified atom stereocenters. The summed E-state index contributed by atoms with van der Waals surface area (Å²) in [7, 11) is -2.82. The zero-order valence-electron chi connectivity index (χ0n) is 27.3. The van der Waals surface area contributed by atoms with Crippen LogP contribution in [0.1, 0.15) is 219 Å². The van der Waals surface area contributed by atoms with Gasteiger partial charge in [-0.15, -0.1) is 0 Å². The standard InChI is InChI=1S/C36H74O2S/c1-3-5-7-9-11-13-15-17-19-21-23-25-27-29-31-33-35-39(37,38)36-34-32-30-28-26-24-22-20-18-16-14-12-10-8-6-4-2/h3-36H2,1-2H3. The number of hydrogen-bond donors (Lipinski definition) is 0. The highest BCUT2D eigenvalue weighted by atomic mass is 32.2.